The lowest BCUT2D eigenvalue weighted by Gasteiger charge is -2.35. The van der Waals surface area contributed by atoms with Crippen LogP contribution in [-0.2, 0) is 4.74 Å². The summed E-state index contributed by atoms with van der Waals surface area (Å²) in [6.45, 7) is 4.96. The minimum Gasteiger partial charge on any atom is -0.390 e. The highest BCUT2D eigenvalue weighted by Gasteiger charge is 2.39. The number of carbonyl (C=O) groups excluding carboxylic acids is 1. The largest absolute Gasteiger partial charge is 0.390 e. The first kappa shape index (κ1) is 22.3. The van der Waals surface area contributed by atoms with E-state index < -0.39 is 0 Å². The Bertz CT molecular complexity index is 932. The number of β-amino-alcohol motifs (C(OH)–C–C–N with tert-alkyl or cyclic N) is 1. The van der Waals surface area contributed by atoms with E-state index in [1.165, 1.54) is 0 Å². The molecule has 3 saturated heterocycles. The lowest BCUT2D eigenvalue weighted by Crippen LogP contribution is -2.49. The summed E-state index contributed by atoms with van der Waals surface area (Å²) in [4.78, 5) is 17.4. The first-order chi connectivity index (χ1) is 16.1. The number of para-hydroxylation sites is 1. The maximum absolute atomic E-state index is 12.7. The summed E-state index contributed by atoms with van der Waals surface area (Å²) < 4.78 is 5.65. The third kappa shape index (κ3) is 5.55. The van der Waals surface area contributed by atoms with E-state index in [2.05, 4.69) is 20.4 Å². The van der Waals surface area contributed by atoms with Crippen LogP contribution >= 0.6 is 0 Å². The maximum atomic E-state index is 12.7. The Morgan fingerprint density at radius 1 is 1.06 bits per heavy atom. The molecule has 3 heterocycles. The zero-order valence-corrected chi connectivity index (χ0v) is 19.0. The van der Waals surface area contributed by atoms with Crippen molar-refractivity contribution in [2.24, 2.45) is 0 Å². The van der Waals surface area contributed by atoms with Gasteiger partial charge in [0.2, 0.25) is 0 Å². The fraction of sp³-hybridized carbons (Fsp3) is 0.500. The number of aliphatic hydroxyl groups is 1. The number of morpholine rings is 1. The highest BCUT2D eigenvalue weighted by molar-refractivity contribution is 5.94. The molecule has 1 unspecified atom stereocenters. The van der Waals surface area contributed by atoms with Crippen LogP contribution in [0.2, 0.25) is 0 Å². The standard InChI is InChI=1S/C26H34N4O3/c31-22(16-30-17-23-14-21(30)18-33-23)15-29-12-10-20(11-13-29)27-26(32)28-25-9-5-4-8-24(25)19-6-2-1-3-7-19/h1-9,20-23,31H,10-18H2,(H2,27,28,32)/t21-,22?,23+/m1/s1. The summed E-state index contributed by atoms with van der Waals surface area (Å²) in [6, 6.07) is 18.4. The number of hydrogen-bond acceptors (Lipinski definition) is 5. The first-order valence-electron chi connectivity index (χ1n) is 12.1. The van der Waals surface area contributed by atoms with Crippen molar-refractivity contribution in [3.05, 3.63) is 54.6 Å². The molecule has 3 atom stereocenters. The van der Waals surface area contributed by atoms with Crippen LogP contribution in [0.3, 0.4) is 0 Å². The number of nitrogens with one attached hydrogen (secondary N) is 2. The highest BCUT2D eigenvalue weighted by atomic mass is 16.5. The maximum Gasteiger partial charge on any atom is 0.319 e. The SMILES string of the molecule is O=C(Nc1ccccc1-c1ccccc1)NC1CCN(CC(O)CN2C[C@@H]3C[C@@H]2CO3)CC1. The lowest BCUT2D eigenvalue weighted by atomic mass is 10.0. The summed E-state index contributed by atoms with van der Waals surface area (Å²) in [6.07, 6.45) is 2.93. The Morgan fingerprint density at radius 2 is 1.82 bits per heavy atom. The molecule has 3 aliphatic rings. The molecule has 5 rings (SSSR count). The molecule has 7 nitrogen and oxygen atoms in total. The van der Waals surface area contributed by atoms with Gasteiger partial charge in [0.1, 0.15) is 0 Å². The van der Waals surface area contributed by atoms with Crippen molar-refractivity contribution >= 4 is 11.7 Å². The van der Waals surface area contributed by atoms with Gasteiger partial charge in [-0.05, 0) is 30.9 Å². The van der Waals surface area contributed by atoms with Gasteiger partial charge >= 0.3 is 6.03 Å². The Balaban J connectivity index is 1.06. The summed E-state index contributed by atoms with van der Waals surface area (Å²) in [5.74, 6) is 0. The third-order valence-corrected chi connectivity index (χ3v) is 7.11. The van der Waals surface area contributed by atoms with Crippen LogP contribution in [0.5, 0.6) is 0 Å². The van der Waals surface area contributed by atoms with Crippen molar-refractivity contribution in [1.29, 1.82) is 0 Å². The summed E-state index contributed by atoms with van der Waals surface area (Å²) >= 11 is 0. The van der Waals surface area contributed by atoms with E-state index in [0.29, 0.717) is 18.7 Å². The van der Waals surface area contributed by atoms with Crippen LogP contribution < -0.4 is 10.6 Å². The van der Waals surface area contributed by atoms with E-state index in [1.54, 1.807) is 0 Å². The van der Waals surface area contributed by atoms with Crippen molar-refractivity contribution in [3.63, 3.8) is 0 Å². The molecule has 3 fully saturated rings. The van der Waals surface area contributed by atoms with Gasteiger partial charge in [0, 0.05) is 50.4 Å². The predicted octanol–water partition coefficient (Wildman–Crippen LogP) is 2.77. The number of piperidine rings is 1. The minimum absolute atomic E-state index is 0.147. The average Bonchev–Trinajstić information content (AvgIpc) is 3.45. The van der Waals surface area contributed by atoms with Gasteiger partial charge in [0.25, 0.3) is 0 Å². The number of rotatable bonds is 7. The molecular weight excluding hydrogens is 416 g/mol. The number of anilines is 1. The third-order valence-electron chi connectivity index (χ3n) is 7.11. The molecule has 33 heavy (non-hydrogen) atoms. The quantitative estimate of drug-likeness (QED) is 0.605. The molecule has 3 N–H and O–H groups in total. The topological polar surface area (TPSA) is 77.1 Å². The second kappa shape index (κ2) is 10.2. The Hall–Kier alpha value is -2.45. The van der Waals surface area contributed by atoms with Crippen molar-refractivity contribution < 1.29 is 14.6 Å². The van der Waals surface area contributed by atoms with Gasteiger partial charge in [0.15, 0.2) is 0 Å². The van der Waals surface area contributed by atoms with Crippen LogP contribution in [-0.4, -0.2) is 84.6 Å². The molecule has 2 bridgehead atoms. The van der Waals surface area contributed by atoms with Gasteiger partial charge in [-0.3, -0.25) is 4.90 Å². The Labute approximate surface area is 195 Å². The molecule has 3 aliphatic heterocycles. The summed E-state index contributed by atoms with van der Waals surface area (Å²) in [5.41, 5.74) is 2.90. The van der Waals surface area contributed by atoms with Crippen molar-refractivity contribution in [3.8, 4) is 11.1 Å². The van der Waals surface area contributed by atoms with Crippen LogP contribution in [0, 0.1) is 0 Å². The Kier molecular flexibility index (Phi) is 6.92. The molecule has 2 aromatic carbocycles. The number of aliphatic hydroxyl groups excluding tert-OH is 1. The fourth-order valence-corrected chi connectivity index (χ4v) is 5.39. The predicted molar refractivity (Wildman–Crippen MR) is 129 cm³/mol. The first-order valence-corrected chi connectivity index (χ1v) is 12.1. The van der Waals surface area contributed by atoms with Gasteiger partial charge in [-0.25, -0.2) is 4.79 Å². The van der Waals surface area contributed by atoms with E-state index in [9.17, 15) is 9.90 Å². The highest BCUT2D eigenvalue weighted by Crippen LogP contribution is 2.28. The molecule has 7 heteroatoms. The Morgan fingerprint density at radius 3 is 2.55 bits per heavy atom. The monoisotopic (exact) mass is 450 g/mol. The molecule has 0 radical (unpaired) electrons. The molecule has 0 aliphatic carbocycles. The smallest absolute Gasteiger partial charge is 0.319 e. The zero-order chi connectivity index (χ0) is 22.6. The molecule has 176 valence electrons. The summed E-state index contributed by atoms with van der Waals surface area (Å²) in [7, 11) is 0. The minimum atomic E-state index is -0.341. The van der Waals surface area contributed by atoms with Crippen molar-refractivity contribution in [1.82, 2.24) is 15.1 Å². The van der Waals surface area contributed by atoms with Crippen molar-refractivity contribution in [2.45, 2.75) is 43.6 Å². The van der Waals surface area contributed by atoms with Crippen LogP contribution in [0.25, 0.3) is 11.1 Å². The van der Waals surface area contributed by atoms with E-state index in [-0.39, 0.29) is 18.2 Å². The van der Waals surface area contributed by atoms with E-state index in [1.807, 2.05) is 54.6 Å². The molecule has 0 aromatic heterocycles. The van der Waals surface area contributed by atoms with Crippen LogP contribution in [0.15, 0.2) is 54.6 Å². The molecular formula is C26H34N4O3. The number of likely N-dealkylation sites (tertiary alicyclic amines) is 2. The number of carbonyl (C=O) groups is 1. The van der Waals surface area contributed by atoms with Gasteiger partial charge in [-0.2, -0.15) is 0 Å². The molecule has 0 spiro atoms. The average molecular weight is 451 g/mol. The number of nitrogens with zero attached hydrogens (tertiary/aromatic N) is 2. The molecule has 0 saturated carbocycles. The van der Waals surface area contributed by atoms with Gasteiger partial charge in [0.05, 0.1) is 24.5 Å². The number of fused-ring (bicyclic) bond motifs is 2. The number of benzene rings is 2. The van der Waals surface area contributed by atoms with Gasteiger partial charge in [-0.1, -0.05) is 48.5 Å². The zero-order valence-electron chi connectivity index (χ0n) is 19.0. The van der Waals surface area contributed by atoms with E-state index in [4.69, 9.17) is 4.74 Å². The van der Waals surface area contributed by atoms with Gasteiger partial charge < -0.3 is 25.4 Å². The van der Waals surface area contributed by atoms with Crippen LogP contribution in [0.4, 0.5) is 10.5 Å². The second-order valence-electron chi connectivity index (χ2n) is 9.54. The number of amides is 2. The van der Waals surface area contributed by atoms with Crippen molar-refractivity contribution in [2.75, 3.05) is 44.6 Å². The van der Waals surface area contributed by atoms with Gasteiger partial charge in [-0.15, -0.1) is 0 Å². The fourth-order valence-electron chi connectivity index (χ4n) is 5.39. The number of ether oxygens (including phenoxy) is 1. The lowest BCUT2D eigenvalue weighted by molar-refractivity contribution is 0.00142. The molecule has 2 aromatic rings. The molecule has 2 amide bonds. The van der Waals surface area contributed by atoms with E-state index in [0.717, 1.165) is 68.9 Å². The second-order valence-corrected chi connectivity index (χ2v) is 9.54. The van der Waals surface area contributed by atoms with E-state index >= 15 is 0 Å². The number of hydrogen-bond donors (Lipinski definition) is 3. The number of urea groups is 1. The normalized spacial score (nSPS) is 24.6. The van der Waals surface area contributed by atoms with Crippen LogP contribution in [0.1, 0.15) is 19.3 Å². The summed E-state index contributed by atoms with van der Waals surface area (Å²) in [5, 5.41) is 16.8.